The van der Waals surface area contributed by atoms with Crippen molar-refractivity contribution in [3.63, 3.8) is 0 Å². The van der Waals surface area contributed by atoms with Gasteiger partial charge < -0.3 is 4.74 Å². The molecule has 0 aromatic heterocycles. The third-order valence-electron chi connectivity index (χ3n) is 4.26. The highest BCUT2D eigenvalue weighted by atomic mass is 16.5. The maximum absolute atomic E-state index is 11.9. The molecule has 0 spiro atoms. The van der Waals surface area contributed by atoms with Gasteiger partial charge >= 0.3 is 0 Å². The van der Waals surface area contributed by atoms with Gasteiger partial charge in [0.25, 0.3) is 0 Å². The first kappa shape index (κ1) is 14.6. The van der Waals surface area contributed by atoms with Crippen LogP contribution in [0.3, 0.4) is 0 Å². The van der Waals surface area contributed by atoms with Crippen molar-refractivity contribution in [3.8, 4) is 5.75 Å². The smallest absolute Gasteiger partial charge is 0.246 e. The van der Waals surface area contributed by atoms with E-state index >= 15 is 0 Å². The lowest BCUT2D eigenvalue weighted by Gasteiger charge is -2.23. The standard InChI is InChI=1S/C18H19NO3/c1-22-15-9-7-14(8-10-15)16-12-18(20)19(21)17(16)11-13-5-3-2-4-6-13/h2-10,16-17,21H,11-12H2,1H3/t16-,17-/m0/s1. The van der Waals surface area contributed by atoms with Crippen LogP contribution < -0.4 is 4.74 Å². The maximum atomic E-state index is 11.9. The predicted octanol–water partition coefficient (Wildman–Crippen LogP) is 3.01. The maximum Gasteiger partial charge on any atom is 0.246 e. The van der Waals surface area contributed by atoms with Gasteiger partial charge in [-0.25, -0.2) is 5.06 Å². The number of hydrogen-bond donors (Lipinski definition) is 1. The largest absolute Gasteiger partial charge is 0.497 e. The Morgan fingerprint density at radius 1 is 1.14 bits per heavy atom. The van der Waals surface area contributed by atoms with E-state index in [9.17, 15) is 10.0 Å². The second-order valence-corrected chi connectivity index (χ2v) is 5.58. The van der Waals surface area contributed by atoms with Gasteiger partial charge in [0.1, 0.15) is 5.75 Å². The number of carbonyl (C=O) groups excluding carboxylic acids is 1. The molecule has 4 nitrogen and oxygen atoms in total. The van der Waals surface area contributed by atoms with Gasteiger partial charge in [0.2, 0.25) is 5.91 Å². The fraction of sp³-hybridized carbons (Fsp3) is 0.278. The van der Waals surface area contributed by atoms with Crippen molar-refractivity contribution in [1.29, 1.82) is 0 Å². The van der Waals surface area contributed by atoms with Crippen LogP contribution in [0.2, 0.25) is 0 Å². The number of hydrogen-bond acceptors (Lipinski definition) is 3. The van der Waals surface area contributed by atoms with E-state index in [0.29, 0.717) is 12.8 Å². The number of ether oxygens (including phenoxy) is 1. The Bertz CT molecular complexity index is 639. The molecule has 1 amide bonds. The first-order valence-corrected chi connectivity index (χ1v) is 7.38. The van der Waals surface area contributed by atoms with Crippen LogP contribution in [-0.4, -0.2) is 29.3 Å². The summed E-state index contributed by atoms with van der Waals surface area (Å²) in [6.45, 7) is 0. The summed E-state index contributed by atoms with van der Waals surface area (Å²) in [5.41, 5.74) is 2.16. The molecule has 2 aromatic carbocycles. The van der Waals surface area contributed by atoms with Crippen molar-refractivity contribution in [2.75, 3.05) is 7.11 Å². The molecular formula is C18H19NO3. The number of methoxy groups -OCH3 is 1. The molecule has 3 rings (SSSR count). The van der Waals surface area contributed by atoms with Crippen LogP contribution in [0, 0.1) is 0 Å². The Hall–Kier alpha value is -2.33. The number of hydroxylamine groups is 2. The van der Waals surface area contributed by atoms with Crippen LogP contribution in [0.25, 0.3) is 0 Å². The number of carbonyl (C=O) groups is 1. The first-order valence-electron chi connectivity index (χ1n) is 7.38. The van der Waals surface area contributed by atoms with Gasteiger partial charge in [-0.05, 0) is 29.7 Å². The highest BCUT2D eigenvalue weighted by molar-refractivity contribution is 5.79. The predicted molar refractivity (Wildman–Crippen MR) is 82.9 cm³/mol. The fourth-order valence-corrected chi connectivity index (χ4v) is 3.05. The van der Waals surface area contributed by atoms with Crippen molar-refractivity contribution in [3.05, 3.63) is 65.7 Å². The van der Waals surface area contributed by atoms with Gasteiger partial charge in [0.05, 0.1) is 13.2 Å². The molecule has 0 unspecified atom stereocenters. The molecule has 22 heavy (non-hydrogen) atoms. The monoisotopic (exact) mass is 297 g/mol. The van der Waals surface area contributed by atoms with Crippen LogP contribution in [0.4, 0.5) is 0 Å². The third-order valence-corrected chi connectivity index (χ3v) is 4.26. The molecule has 1 saturated heterocycles. The summed E-state index contributed by atoms with van der Waals surface area (Å²) >= 11 is 0. The summed E-state index contributed by atoms with van der Waals surface area (Å²) in [5, 5.41) is 11.0. The van der Waals surface area contributed by atoms with Crippen molar-refractivity contribution in [2.45, 2.75) is 24.8 Å². The van der Waals surface area contributed by atoms with E-state index in [1.54, 1.807) is 7.11 Å². The minimum absolute atomic E-state index is 0.0105. The zero-order chi connectivity index (χ0) is 15.5. The summed E-state index contributed by atoms with van der Waals surface area (Å²) in [5.74, 6) is 0.555. The van der Waals surface area contributed by atoms with Crippen LogP contribution in [0.5, 0.6) is 5.75 Å². The van der Waals surface area contributed by atoms with Crippen LogP contribution in [0.15, 0.2) is 54.6 Å². The number of amides is 1. The highest BCUT2D eigenvalue weighted by Crippen LogP contribution is 2.35. The molecule has 4 heteroatoms. The molecule has 114 valence electrons. The summed E-state index contributed by atoms with van der Waals surface area (Å²) in [7, 11) is 1.63. The fourth-order valence-electron chi connectivity index (χ4n) is 3.05. The van der Waals surface area contributed by atoms with Gasteiger partial charge in [0, 0.05) is 12.3 Å². The molecule has 2 aromatic rings. The SMILES string of the molecule is COc1ccc([C@@H]2CC(=O)N(O)[C@H]2Cc2ccccc2)cc1. The summed E-state index contributed by atoms with van der Waals surface area (Å²) in [6, 6.07) is 17.4. The Kier molecular flexibility index (Phi) is 4.11. The average molecular weight is 297 g/mol. The van der Waals surface area contributed by atoms with Gasteiger partial charge in [-0.2, -0.15) is 0 Å². The van der Waals surface area contributed by atoms with E-state index in [2.05, 4.69) is 0 Å². The second-order valence-electron chi connectivity index (χ2n) is 5.58. The van der Waals surface area contributed by atoms with Gasteiger partial charge in [0.15, 0.2) is 0 Å². The van der Waals surface area contributed by atoms with Crippen molar-refractivity contribution in [2.24, 2.45) is 0 Å². The van der Waals surface area contributed by atoms with E-state index in [0.717, 1.165) is 21.9 Å². The Morgan fingerprint density at radius 3 is 2.45 bits per heavy atom. The van der Waals surface area contributed by atoms with Crippen molar-refractivity contribution in [1.82, 2.24) is 5.06 Å². The van der Waals surface area contributed by atoms with Crippen LogP contribution in [0.1, 0.15) is 23.5 Å². The lowest BCUT2D eigenvalue weighted by Crippen LogP contribution is -2.33. The van der Waals surface area contributed by atoms with Gasteiger partial charge in [-0.15, -0.1) is 0 Å². The molecule has 1 N–H and O–H groups in total. The average Bonchev–Trinajstić information content (AvgIpc) is 2.84. The van der Waals surface area contributed by atoms with E-state index in [1.165, 1.54) is 0 Å². The molecule has 1 fully saturated rings. The summed E-state index contributed by atoms with van der Waals surface area (Å²) in [4.78, 5) is 11.9. The van der Waals surface area contributed by atoms with E-state index < -0.39 is 0 Å². The van der Waals surface area contributed by atoms with Gasteiger partial charge in [-0.3, -0.25) is 10.0 Å². The first-order chi connectivity index (χ1) is 10.7. The Labute approximate surface area is 129 Å². The van der Waals surface area contributed by atoms with Crippen LogP contribution >= 0.6 is 0 Å². The highest BCUT2D eigenvalue weighted by Gasteiger charge is 2.40. The molecule has 1 aliphatic heterocycles. The third kappa shape index (κ3) is 2.83. The minimum atomic E-state index is -0.233. The zero-order valence-electron chi connectivity index (χ0n) is 12.5. The lowest BCUT2D eigenvalue weighted by molar-refractivity contribution is -0.165. The summed E-state index contributed by atoms with van der Waals surface area (Å²) in [6.07, 6.45) is 0.972. The molecule has 0 aliphatic carbocycles. The van der Waals surface area contributed by atoms with Gasteiger partial charge in [-0.1, -0.05) is 42.5 Å². The Morgan fingerprint density at radius 2 is 1.82 bits per heavy atom. The van der Waals surface area contributed by atoms with E-state index in [1.807, 2.05) is 54.6 Å². The molecular weight excluding hydrogens is 278 g/mol. The molecule has 0 saturated carbocycles. The molecule has 1 aliphatic rings. The number of nitrogens with zero attached hydrogens (tertiary/aromatic N) is 1. The quantitative estimate of drug-likeness (QED) is 0.883. The van der Waals surface area contributed by atoms with E-state index in [4.69, 9.17) is 4.74 Å². The zero-order valence-corrected chi connectivity index (χ0v) is 12.5. The van der Waals surface area contributed by atoms with E-state index in [-0.39, 0.29) is 17.9 Å². The lowest BCUT2D eigenvalue weighted by atomic mass is 9.88. The second kappa shape index (κ2) is 6.20. The number of rotatable bonds is 4. The Balaban J connectivity index is 1.85. The van der Waals surface area contributed by atoms with Crippen LogP contribution in [-0.2, 0) is 11.2 Å². The normalized spacial score (nSPS) is 21.2. The molecule has 1 heterocycles. The van der Waals surface area contributed by atoms with Crippen molar-refractivity contribution < 1.29 is 14.7 Å². The topological polar surface area (TPSA) is 49.8 Å². The van der Waals surface area contributed by atoms with Crippen molar-refractivity contribution >= 4 is 5.91 Å². The summed E-state index contributed by atoms with van der Waals surface area (Å²) < 4.78 is 5.17. The number of benzene rings is 2. The minimum Gasteiger partial charge on any atom is -0.497 e. The molecule has 0 bridgehead atoms. The molecule has 0 radical (unpaired) electrons. The molecule has 2 atom stereocenters.